The number of imide groups is 2. The van der Waals surface area contributed by atoms with Gasteiger partial charge in [-0.15, -0.1) is 0 Å². The van der Waals surface area contributed by atoms with E-state index in [9.17, 15) is 19.2 Å². The van der Waals surface area contributed by atoms with E-state index >= 15 is 0 Å². The maximum Gasteiger partial charge on any atom is 0.235 e. The van der Waals surface area contributed by atoms with Gasteiger partial charge in [-0.3, -0.25) is 29.0 Å². The van der Waals surface area contributed by atoms with Crippen LogP contribution in [0.15, 0.2) is 0 Å². The molecule has 0 aromatic heterocycles. The Balaban J connectivity index is 0.952. The van der Waals surface area contributed by atoms with Crippen LogP contribution in [0, 0.1) is 23.7 Å². The molecule has 8 heteroatoms. The van der Waals surface area contributed by atoms with Crippen molar-refractivity contribution in [3.63, 3.8) is 0 Å². The molecule has 0 N–H and O–H groups in total. The second-order valence-corrected chi connectivity index (χ2v) is 9.75. The fourth-order valence-electron chi connectivity index (χ4n) is 6.88. The molecule has 0 spiro atoms. The Morgan fingerprint density at radius 3 is 1.13 bits per heavy atom. The molecule has 6 heterocycles. The number of hydrogen-bond acceptors (Lipinski definition) is 6. The summed E-state index contributed by atoms with van der Waals surface area (Å²) >= 11 is 0. The molecule has 6 saturated heterocycles. The molecule has 8 nitrogen and oxygen atoms in total. The molecule has 162 valence electrons. The van der Waals surface area contributed by atoms with Gasteiger partial charge in [0.25, 0.3) is 0 Å². The first kappa shape index (κ1) is 18.9. The number of amides is 4. The average Bonchev–Trinajstić information content (AvgIpc) is 3.56. The summed E-state index contributed by atoms with van der Waals surface area (Å²) < 4.78 is 11.5. The molecule has 0 aromatic carbocycles. The van der Waals surface area contributed by atoms with Crippen molar-refractivity contribution in [3.05, 3.63) is 0 Å². The van der Waals surface area contributed by atoms with Gasteiger partial charge in [0.15, 0.2) is 0 Å². The van der Waals surface area contributed by atoms with Crippen LogP contribution in [0.3, 0.4) is 0 Å². The van der Waals surface area contributed by atoms with E-state index in [1.165, 1.54) is 9.80 Å². The Kier molecular flexibility index (Phi) is 4.32. The lowest BCUT2D eigenvalue weighted by molar-refractivity contribution is -0.144. The minimum atomic E-state index is -0.248. The first-order chi connectivity index (χ1) is 14.6. The second-order valence-electron chi connectivity index (χ2n) is 9.75. The van der Waals surface area contributed by atoms with Crippen molar-refractivity contribution < 1.29 is 28.7 Å². The summed E-state index contributed by atoms with van der Waals surface area (Å²) in [4.78, 5) is 53.5. The van der Waals surface area contributed by atoms with Crippen LogP contribution in [0.4, 0.5) is 0 Å². The van der Waals surface area contributed by atoms with Crippen LogP contribution in [0.25, 0.3) is 0 Å². The Bertz CT molecular complexity index is 691. The van der Waals surface area contributed by atoms with Crippen molar-refractivity contribution in [1.82, 2.24) is 9.80 Å². The standard InChI is InChI=1S/C22H28N2O6/c25-19-15-11-5-6-12(29-11)16(15)20(26)23(19)9-3-1-2-4-10-24-21(27)17-13-7-8-14(30-13)18(17)22(24)28/h11-18H,1-10H2. The molecule has 8 atom stereocenters. The van der Waals surface area contributed by atoms with E-state index < -0.39 is 0 Å². The van der Waals surface area contributed by atoms with Gasteiger partial charge < -0.3 is 9.47 Å². The third kappa shape index (κ3) is 2.52. The van der Waals surface area contributed by atoms with Gasteiger partial charge in [0.2, 0.25) is 23.6 Å². The van der Waals surface area contributed by atoms with Gasteiger partial charge in [0.05, 0.1) is 48.1 Å². The second kappa shape index (κ2) is 6.85. The third-order valence-electron chi connectivity index (χ3n) is 8.26. The maximum absolute atomic E-state index is 12.6. The summed E-state index contributed by atoms with van der Waals surface area (Å²) in [6, 6.07) is 0. The lowest BCUT2D eigenvalue weighted by Crippen LogP contribution is -2.35. The molecule has 0 radical (unpaired) electrons. The van der Waals surface area contributed by atoms with Crippen LogP contribution in [0.5, 0.6) is 0 Å². The zero-order chi connectivity index (χ0) is 20.6. The van der Waals surface area contributed by atoms with Gasteiger partial charge in [-0.1, -0.05) is 12.8 Å². The predicted molar refractivity (Wildman–Crippen MR) is 102 cm³/mol. The van der Waals surface area contributed by atoms with Crippen LogP contribution in [0.2, 0.25) is 0 Å². The van der Waals surface area contributed by atoms with E-state index in [-0.39, 0.29) is 71.7 Å². The quantitative estimate of drug-likeness (QED) is 0.452. The maximum atomic E-state index is 12.6. The van der Waals surface area contributed by atoms with Gasteiger partial charge in [0, 0.05) is 13.1 Å². The van der Waals surface area contributed by atoms with Crippen molar-refractivity contribution in [3.8, 4) is 0 Å². The number of fused-ring (bicyclic) bond motifs is 10. The van der Waals surface area contributed by atoms with E-state index in [0.717, 1.165) is 51.4 Å². The Morgan fingerprint density at radius 1 is 0.533 bits per heavy atom. The van der Waals surface area contributed by atoms with Crippen molar-refractivity contribution in [1.29, 1.82) is 0 Å². The summed E-state index contributed by atoms with van der Waals surface area (Å²) in [5, 5.41) is 0. The van der Waals surface area contributed by atoms with E-state index in [0.29, 0.717) is 13.1 Å². The van der Waals surface area contributed by atoms with Gasteiger partial charge in [-0.05, 0) is 38.5 Å². The first-order valence-electron chi connectivity index (χ1n) is 11.6. The molecule has 6 rings (SSSR count). The lowest BCUT2D eigenvalue weighted by Gasteiger charge is -2.18. The predicted octanol–water partition coefficient (Wildman–Crippen LogP) is 0.872. The monoisotopic (exact) mass is 416 g/mol. The van der Waals surface area contributed by atoms with Gasteiger partial charge in [0.1, 0.15) is 0 Å². The van der Waals surface area contributed by atoms with Crippen molar-refractivity contribution in [2.75, 3.05) is 13.1 Å². The number of unbranched alkanes of at least 4 members (excludes halogenated alkanes) is 3. The molecule has 8 unspecified atom stereocenters. The largest absolute Gasteiger partial charge is 0.373 e. The summed E-state index contributed by atoms with van der Waals surface area (Å²) in [7, 11) is 0. The van der Waals surface area contributed by atoms with Crippen LogP contribution in [-0.2, 0) is 28.7 Å². The molecule has 0 saturated carbocycles. The van der Waals surface area contributed by atoms with Crippen LogP contribution < -0.4 is 0 Å². The molecule has 6 aliphatic heterocycles. The Morgan fingerprint density at radius 2 is 0.833 bits per heavy atom. The van der Waals surface area contributed by atoms with E-state index in [2.05, 4.69) is 0 Å². The smallest absolute Gasteiger partial charge is 0.235 e. The van der Waals surface area contributed by atoms with Gasteiger partial charge >= 0.3 is 0 Å². The van der Waals surface area contributed by atoms with E-state index in [1.807, 2.05) is 0 Å². The number of rotatable bonds is 7. The molecule has 0 aromatic rings. The van der Waals surface area contributed by atoms with E-state index in [4.69, 9.17) is 9.47 Å². The number of ether oxygens (including phenoxy) is 2. The summed E-state index contributed by atoms with van der Waals surface area (Å²) in [5.74, 6) is -1.18. The van der Waals surface area contributed by atoms with Crippen molar-refractivity contribution >= 4 is 23.6 Å². The highest BCUT2D eigenvalue weighted by Gasteiger charge is 2.63. The van der Waals surface area contributed by atoms with Crippen molar-refractivity contribution in [2.24, 2.45) is 23.7 Å². The highest BCUT2D eigenvalue weighted by atomic mass is 16.5. The zero-order valence-electron chi connectivity index (χ0n) is 17.0. The van der Waals surface area contributed by atoms with E-state index in [1.54, 1.807) is 0 Å². The number of carbonyl (C=O) groups excluding carboxylic acids is 4. The first-order valence-corrected chi connectivity index (χ1v) is 11.6. The number of hydrogen-bond donors (Lipinski definition) is 0. The SMILES string of the molecule is O=C1C2C3CCC(O3)C2C(=O)N1CCCCCCN1C(=O)C2C3CCC(O3)C2C1=O. The van der Waals surface area contributed by atoms with Crippen LogP contribution in [0.1, 0.15) is 51.4 Å². The molecule has 6 aliphatic rings. The average molecular weight is 416 g/mol. The summed E-state index contributed by atoms with van der Waals surface area (Å²) in [6.07, 6.45) is 6.59. The minimum absolute atomic E-state index is 0.0474. The van der Waals surface area contributed by atoms with Crippen LogP contribution in [-0.4, -0.2) is 70.9 Å². The minimum Gasteiger partial charge on any atom is -0.373 e. The molecule has 0 aliphatic carbocycles. The van der Waals surface area contributed by atoms with Crippen LogP contribution >= 0.6 is 0 Å². The molecule has 4 amide bonds. The summed E-state index contributed by atoms with van der Waals surface area (Å²) in [5.41, 5.74) is 0. The Hall–Kier alpha value is -1.80. The molecule has 30 heavy (non-hydrogen) atoms. The normalized spacial score (nSPS) is 43.5. The molecule has 4 bridgehead atoms. The fraction of sp³-hybridized carbons (Fsp3) is 0.818. The highest BCUT2D eigenvalue weighted by Crippen LogP contribution is 2.49. The molecule has 6 fully saturated rings. The lowest BCUT2D eigenvalue weighted by atomic mass is 9.81. The van der Waals surface area contributed by atoms with Crippen molar-refractivity contribution in [2.45, 2.75) is 75.8 Å². The Labute approximate surface area is 175 Å². The number of carbonyl (C=O) groups is 4. The van der Waals surface area contributed by atoms with Gasteiger partial charge in [-0.2, -0.15) is 0 Å². The third-order valence-corrected chi connectivity index (χ3v) is 8.26. The zero-order valence-corrected chi connectivity index (χ0v) is 17.0. The van der Waals surface area contributed by atoms with Gasteiger partial charge in [-0.25, -0.2) is 0 Å². The molecular weight excluding hydrogens is 388 g/mol. The number of likely N-dealkylation sites (tertiary alicyclic amines) is 2. The number of nitrogens with zero attached hydrogens (tertiary/aromatic N) is 2. The highest BCUT2D eigenvalue weighted by molar-refractivity contribution is 6.07. The summed E-state index contributed by atoms with van der Waals surface area (Å²) in [6.45, 7) is 0.938. The molecular formula is C22H28N2O6. The topological polar surface area (TPSA) is 93.2 Å². The fourth-order valence-corrected chi connectivity index (χ4v) is 6.88.